The van der Waals surface area contributed by atoms with Gasteiger partial charge in [-0.2, -0.15) is 0 Å². The Morgan fingerprint density at radius 3 is 2.96 bits per heavy atom. The third-order valence-electron chi connectivity index (χ3n) is 4.81. The van der Waals surface area contributed by atoms with Gasteiger partial charge in [-0.3, -0.25) is 9.78 Å². The molecule has 0 bridgehead atoms. The number of hydrogen-bond acceptors (Lipinski definition) is 3. The molecule has 2 heterocycles. The standard InChI is InChI=1S/C20H24ClN3O/c1-2-17-8-5-6-10-24(17)18-11-16(12-22-14-18)20(25)23-13-15-7-3-4-9-19(15)21/h3-4,7,9,11-12,14,17H,2,5-6,8,10,13H2,1H3,(H,23,25). The average Bonchev–Trinajstić information content (AvgIpc) is 2.67. The zero-order valence-corrected chi connectivity index (χ0v) is 15.3. The molecule has 1 aromatic heterocycles. The predicted molar refractivity (Wildman–Crippen MR) is 102 cm³/mol. The van der Waals surface area contributed by atoms with Crippen molar-refractivity contribution in [1.82, 2.24) is 10.3 Å². The van der Waals surface area contributed by atoms with Gasteiger partial charge in [0.05, 0.1) is 17.4 Å². The lowest BCUT2D eigenvalue weighted by molar-refractivity contribution is 0.0950. The molecule has 1 aliphatic heterocycles. The van der Waals surface area contributed by atoms with Gasteiger partial charge >= 0.3 is 0 Å². The molecule has 1 saturated heterocycles. The molecular weight excluding hydrogens is 334 g/mol. The number of aromatic nitrogens is 1. The highest BCUT2D eigenvalue weighted by Crippen LogP contribution is 2.26. The fourth-order valence-electron chi connectivity index (χ4n) is 3.39. The highest BCUT2D eigenvalue weighted by molar-refractivity contribution is 6.31. The van der Waals surface area contributed by atoms with Gasteiger partial charge in [-0.05, 0) is 43.4 Å². The number of pyridine rings is 1. The first-order valence-corrected chi connectivity index (χ1v) is 9.30. The maximum atomic E-state index is 12.5. The van der Waals surface area contributed by atoms with E-state index < -0.39 is 0 Å². The molecule has 1 aliphatic rings. The zero-order chi connectivity index (χ0) is 17.6. The van der Waals surface area contributed by atoms with Crippen molar-refractivity contribution in [3.63, 3.8) is 0 Å². The number of nitrogens with zero attached hydrogens (tertiary/aromatic N) is 2. The third kappa shape index (κ3) is 4.31. The van der Waals surface area contributed by atoms with Crippen molar-refractivity contribution in [3.05, 3.63) is 58.9 Å². The van der Waals surface area contributed by atoms with E-state index in [0.717, 1.165) is 24.2 Å². The minimum Gasteiger partial charge on any atom is -0.367 e. The number of carbonyl (C=O) groups is 1. The van der Waals surface area contributed by atoms with Gasteiger partial charge in [0.2, 0.25) is 0 Å². The average molecular weight is 358 g/mol. The Hall–Kier alpha value is -2.07. The van der Waals surface area contributed by atoms with E-state index in [1.54, 1.807) is 6.20 Å². The summed E-state index contributed by atoms with van der Waals surface area (Å²) in [4.78, 5) is 19.2. The normalized spacial score (nSPS) is 17.4. The zero-order valence-electron chi connectivity index (χ0n) is 14.5. The van der Waals surface area contributed by atoms with Gasteiger partial charge in [-0.1, -0.05) is 36.7 Å². The lowest BCUT2D eigenvalue weighted by Gasteiger charge is -2.37. The topological polar surface area (TPSA) is 45.2 Å². The van der Waals surface area contributed by atoms with Crippen LogP contribution in [0.15, 0.2) is 42.7 Å². The Kier molecular flexibility index (Phi) is 5.92. The molecule has 25 heavy (non-hydrogen) atoms. The molecule has 0 aliphatic carbocycles. The maximum Gasteiger partial charge on any atom is 0.253 e. The molecule has 1 fully saturated rings. The van der Waals surface area contributed by atoms with E-state index in [0.29, 0.717) is 23.2 Å². The third-order valence-corrected chi connectivity index (χ3v) is 5.18. The van der Waals surface area contributed by atoms with E-state index in [1.165, 1.54) is 19.3 Å². The number of rotatable bonds is 5. The van der Waals surface area contributed by atoms with E-state index in [-0.39, 0.29) is 5.91 Å². The number of amides is 1. The number of hydrogen-bond donors (Lipinski definition) is 1. The van der Waals surface area contributed by atoms with Crippen LogP contribution in [-0.4, -0.2) is 23.5 Å². The fourth-order valence-corrected chi connectivity index (χ4v) is 3.60. The summed E-state index contributed by atoms with van der Waals surface area (Å²) in [6, 6.07) is 10.0. The molecule has 1 atom stereocenters. The van der Waals surface area contributed by atoms with Gasteiger partial charge in [0.25, 0.3) is 5.91 Å². The molecule has 0 saturated carbocycles. The molecule has 1 unspecified atom stereocenters. The molecule has 4 nitrogen and oxygen atoms in total. The van der Waals surface area contributed by atoms with Crippen LogP contribution in [0.25, 0.3) is 0 Å². The molecule has 5 heteroatoms. The highest BCUT2D eigenvalue weighted by Gasteiger charge is 2.22. The van der Waals surface area contributed by atoms with Crippen molar-refractivity contribution in [2.24, 2.45) is 0 Å². The summed E-state index contributed by atoms with van der Waals surface area (Å²) in [6.45, 7) is 3.66. The smallest absolute Gasteiger partial charge is 0.253 e. The van der Waals surface area contributed by atoms with Crippen LogP contribution < -0.4 is 10.2 Å². The van der Waals surface area contributed by atoms with Crippen molar-refractivity contribution in [2.45, 2.75) is 45.2 Å². The summed E-state index contributed by atoms with van der Waals surface area (Å²) in [5.74, 6) is -0.126. The second kappa shape index (κ2) is 8.34. The van der Waals surface area contributed by atoms with E-state index in [1.807, 2.05) is 36.5 Å². The van der Waals surface area contributed by atoms with Crippen LogP contribution in [-0.2, 0) is 6.54 Å². The van der Waals surface area contributed by atoms with Crippen LogP contribution in [0.3, 0.4) is 0 Å². The lowest BCUT2D eigenvalue weighted by atomic mass is 9.99. The molecular formula is C20H24ClN3O. The maximum absolute atomic E-state index is 12.5. The van der Waals surface area contributed by atoms with Crippen molar-refractivity contribution < 1.29 is 4.79 Å². The SMILES string of the molecule is CCC1CCCCN1c1cncc(C(=O)NCc2ccccc2Cl)c1. The molecule has 1 aromatic carbocycles. The first-order valence-electron chi connectivity index (χ1n) is 8.92. The Labute approximate surface area is 154 Å². The number of carbonyl (C=O) groups excluding carboxylic acids is 1. The molecule has 1 amide bonds. The van der Waals surface area contributed by atoms with Crippen LogP contribution in [0.2, 0.25) is 5.02 Å². The molecule has 132 valence electrons. The van der Waals surface area contributed by atoms with Gasteiger partial charge in [-0.15, -0.1) is 0 Å². The Morgan fingerprint density at radius 2 is 2.16 bits per heavy atom. The van der Waals surface area contributed by atoms with Gasteiger partial charge < -0.3 is 10.2 Å². The van der Waals surface area contributed by atoms with Crippen LogP contribution in [0.5, 0.6) is 0 Å². The second-order valence-electron chi connectivity index (χ2n) is 6.46. The monoisotopic (exact) mass is 357 g/mol. The number of halogens is 1. The summed E-state index contributed by atoms with van der Waals surface area (Å²) in [7, 11) is 0. The van der Waals surface area contributed by atoms with E-state index >= 15 is 0 Å². The van der Waals surface area contributed by atoms with Gasteiger partial charge in [-0.25, -0.2) is 0 Å². The Morgan fingerprint density at radius 1 is 1.32 bits per heavy atom. The number of anilines is 1. The fraction of sp³-hybridized carbons (Fsp3) is 0.400. The minimum absolute atomic E-state index is 0.126. The van der Waals surface area contributed by atoms with Crippen LogP contribution in [0.1, 0.15) is 48.5 Å². The van der Waals surface area contributed by atoms with E-state index in [4.69, 9.17) is 11.6 Å². The van der Waals surface area contributed by atoms with Crippen molar-refractivity contribution in [3.8, 4) is 0 Å². The molecule has 1 N–H and O–H groups in total. The van der Waals surface area contributed by atoms with Gasteiger partial charge in [0, 0.05) is 30.4 Å². The lowest BCUT2D eigenvalue weighted by Crippen LogP contribution is -2.39. The predicted octanol–water partition coefficient (Wildman–Crippen LogP) is 4.43. The van der Waals surface area contributed by atoms with Crippen LogP contribution >= 0.6 is 11.6 Å². The summed E-state index contributed by atoms with van der Waals surface area (Å²) < 4.78 is 0. The van der Waals surface area contributed by atoms with Crippen molar-refractivity contribution in [2.75, 3.05) is 11.4 Å². The van der Waals surface area contributed by atoms with Crippen molar-refractivity contribution in [1.29, 1.82) is 0 Å². The highest BCUT2D eigenvalue weighted by atomic mass is 35.5. The van der Waals surface area contributed by atoms with Crippen LogP contribution in [0.4, 0.5) is 5.69 Å². The first kappa shape index (κ1) is 17.7. The van der Waals surface area contributed by atoms with Crippen molar-refractivity contribution >= 4 is 23.2 Å². The minimum atomic E-state index is -0.126. The number of nitrogens with one attached hydrogen (secondary N) is 1. The molecule has 2 aromatic rings. The number of piperidine rings is 1. The van der Waals surface area contributed by atoms with Gasteiger partial charge in [0.15, 0.2) is 0 Å². The Bertz CT molecular complexity index is 734. The van der Waals surface area contributed by atoms with E-state index in [9.17, 15) is 4.79 Å². The van der Waals surface area contributed by atoms with E-state index in [2.05, 4.69) is 22.1 Å². The first-order chi connectivity index (χ1) is 12.2. The second-order valence-corrected chi connectivity index (χ2v) is 6.86. The van der Waals surface area contributed by atoms with Crippen LogP contribution in [0, 0.1) is 0 Å². The molecule has 0 radical (unpaired) electrons. The molecule has 3 rings (SSSR count). The van der Waals surface area contributed by atoms with Gasteiger partial charge in [0.1, 0.15) is 0 Å². The number of benzene rings is 1. The summed E-state index contributed by atoms with van der Waals surface area (Å²) in [6.07, 6.45) is 8.28. The summed E-state index contributed by atoms with van der Waals surface area (Å²) in [5.41, 5.74) is 2.53. The quantitative estimate of drug-likeness (QED) is 0.860. The summed E-state index contributed by atoms with van der Waals surface area (Å²) in [5, 5.41) is 3.59. The molecule has 0 spiro atoms. The summed E-state index contributed by atoms with van der Waals surface area (Å²) >= 11 is 6.14. The Balaban J connectivity index is 1.70. The largest absolute Gasteiger partial charge is 0.367 e.